The van der Waals surface area contributed by atoms with Gasteiger partial charge in [-0.2, -0.15) is 0 Å². The van der Waals surface area contributed by atoms with Crippen LogP contribution in [0.3, 0.4) is 0 Å². The summed E-state index contributed by atoms with van der Waals surface area (Å²) in [6.07, 6.45) is 6.36. The summed E-state index contributed by atoms with van der Waals surface area (Å²) in [7, 11) is 4.04. The molecule has 0 aliphatic heterocycles. The van der Waals surface area contributed by atoms with Crippen molar-refractivity contribution in [1.82, 2.24) is 14.8 Å². The molecule has 1 fully saturated rings. The molecule has 0 atom stereocenters. The highest BCUT2D eigenvalue weighted by atomic mass is 35.5. The molecule has 0 unspecified atom stereocenters. The molecule has 0 radical (unpaired) electrons. The minimum absolute atomic E-state index is 0. The minimum Gasteiger partial charge on any atom is -0.392 e. The summed E-state index contributed by atoms with van der Waals surface area (Å²) in [5.74, 6) is 2.48. The first-order chi connectivity index (χ1) is 10.7. The molecule has 0 saturated heterocycles. The number of nitrogens with zero attached hydrogens (tertiary/aromatic N) is 4. The summed E-state index contributed by atoms with van der Waals surface area (Å²) in [6, 6.07) is 7.88. The van der Waals surface area contributed by atoms with Gasteiger partial charge >= 0.3 is 0 Å². The Morgan fingerprint density at radius 2 is 1.96 bits per heavy atom. The molecular formula is C17H25ClN4O. The van der Waals surface area contributed by atoms with E-state index in [4.69, 9.17) is 0 Å². The monoisotopic (exact) mass is 336 g/mol. The largest absolute Gasteiger partial charge is 0.392 e. The van der Waals surface area contributed by atoms with Gasteiger partial charge < -0.3 is 10.0 Å². The summed E-state index contributed by atoms with van der Waals surface area (Å²) in [6.45, 7) is 0.0494. The molecule has 1 aromatic carbocycles. The lowest BCUT2D eigenvalue weighted by Crippen LogP contribution is -2.16. The number of hydrogen-bond donors (Lipinski definition) is 1. The number of hydrogen-bond acceptors (Lipinski definition) is 4. The van der Waals surface area contributed by atoms with Crippen LogP contribution in [0.25, 0.3) is 0 Å². The maximum absolute atomic E-state index is 9.29. The predicted molar refractivity (Wildman–Crippen MR) is 94.5 cm³/mol. The zero-order valence-corrected chi connectivity index (χ0v) is 14.6. The molecule has 1 aliphatic carbocycles. The number of anilines is 2. The third-order valence-corrected chi connectivity index (χ3v) is 4.64. The molecule has 23 heavy (non-hydrogen) atoms. The van der Waals surface area contributed by atoms with Gasteiger partial charge in [-0.25, -0.2) is 0 Å². The average molecular weight is 337 g/mol. The van der Waals surface area contributed by atoms with Crippen LogP contribution in [-0.4, -0.2) is 26.9 Å². The second-order valence-electron chi connectivity index (χ2n) is 6.14. The summed E-state index contributed by atoms with van der Waals surface area (Å²) < 4.78 is 2.11. The van der Waals surface area contributed by atoms with Gasteiger partial charge in [0.2, 0.25) is 5.95 Å². The number of halogens is 1. The Bertz CT molecular complexity index is 637. The highest BCUT2D eigenvalue weighted by Crippen LogP contribution is 2.33. The predicted octanol–water partition coefficient (Wildman–Crippen LogP) is 3.54. The highest BCUT2D eigenvalue weighted by Gasteiger charge is 2.23. The van der Waals surface area contributed by atoms with Crippen LogP contribution in [0, 0.1) is 0 Å². The summed E-state index contributed by atoms with van der Waals surface area (Å²) >= 11 is 0. The fourth-order valence-corrected chi connectivity index (χ4v) is 3.32. The van der Waals surface area contributed by atoms with Crippen molar-refractivity contribution in [3.05, 3.63) is 35.7 Å². The average Bonchev–Trinajstić information content (AvgIpc) is 2.96. The van der Waals surface area contributed by atoms with Gasteiger partial charge in [0.15, 0.2) is 0 Å². The Labute approximate surface area is 143 Å². The number of aromatic nitrogens is 3. The number of aliphatic hydroxyl groups is 1. The Kier molecular flexibility index (Phi) is 6.02. The second kappa shape index (κ2) is 7.79. The number of benzene rings is 1. The lowest BCUT2D eigenvalue weighted by atomic mass is 9.89. The van der Waals surface area contributed by atoms with Crippen molar-refractivity contribution >= 4 is 24.0 Å². The summed E-state index contributed by atoms with van der Waals surface area (Å²) in [5.41, 5.74) is 1.91. The molecule has 0 amide bonds. The third-order valence-electron chi connectivity index (χ3n) is 4.64. The minimum atomic E-state index is 0. The van der Waals surface area contributed by atoms with Crippen LogP contribution in [-0.2, 0) is 13.7 Å². The summed E-state index contributed by atoms with van der Waals surface area (Å²) in [5, 5.41) is 18.1. The van der Waals surface area contributed by atoms with E-state index in [0.29, 0.717) is 5.92 Å². The van der Waals surface area contributed by atoms with Crippen LogP contribution < -0.4 is 4.90 Å². The van der Waals surface area contributed by atoms with Gasteiger partial charge in [-0.15, -0.1) is 22.6 Å². The Morgan fingerprint density at radius 1 is 1.22 bits per heavy atom. The van der Waals surface area contributed by atoms with Crippen LogP contribution in [0.1, 0.15) is 49.4 Å². The van der Waals surface area contributed by atoms with E-state index in [-0.39, 0.29) is 19.0 Å². The van der Waals surface area contributed by atoms with Crippen LogP contribution >= 0.6 is 12.4 Å². The van der Waals surface area contributed by atoms with Gasteiger partial charge in [0.05, 0.1) is 6.61 Å². The van der Waals surface area contributed by atoms with E-state index in [1.165, 1.54) is 32.1 Å². The second-order valence-corrected chi connectivity index (χ2v) is 6.14. The topological polar surface area (TPSA) is 54.2 Å². The Morgan fingerprint density at radius 3 is 2.65 bits per heavy atom. The zero-order valence-electron chi connectivity index (χ0n) is 13.8. The normalized spacial score (nSPS) is 15.3. The fraction of sp³-hybridized carbons (Fsp3) is 0.529. The van der Waals surface area contributed by atoms with E-state index in [1.807, 2.05) is 43.3 Å². The SMILES string of the molecule is CN(c1cccc(CO)c1)c1nnc(C2CCCCC2)n1C.Cl. The van der Waals surface area contributed by atoms with Crippen molar-refractivity contribution < 1.29 is 5.11 Å². The van der Waals surface area contributed by atoms with E-state index >= 15 is 0 Å². The molecule has 0 bridgehead atoms. The van der Waals surface area contributed by atoms with Gasteiger partial charge in [-0.05, 0) is 30.5 Å². The van der Waals surface area contributed by atoms with Crippen molar-refractivity contribution in [2.24, 2.45) is 7.05 Å². The maximum Gasteiger partial charge on any atom is 0.231 e. The standard InChI is InChI=1S/C17H24N4O.ClH/c1-20(15-10-6-7-13(11-15)12-22)17-19-18-16(21(17)2)14-8-4-3-5-9-14;/h6-7,10-11,14,22H,3-5,8-9,12H2,1-2H3;1H. The number of aliphatic hydroxyl groups excluding tert-OH is 1. The van der Waals surface area contributed by atoms with Crippen LogP contribution in [0.4, 0.5) is 11.6 Å². The van der Waals surface area contributed by atoms with Crippen molar-refractivity contribution in [2.45, 2.75) is 44.6 Å². The molecule has 0 spiro atoms. The molecular weight excluding hydrogens is 312 g/mol. The van der Waals surface area contributed by atoms with Crippen molar-refractivity contribution in [3.8, 4) is 0 Å². The molecule has 1 aliphatic rings. The van der Waals surface area contributed by atoms with Gasteiger partial charge in [-0.1, -0.05) is 31.4 Å². The zero-order chi connectivity index (χ0) is 15.5. The van der Waals surface area contributed by atoms with Crippen molar-refractivity contribution in [2.75, 3.05) is 11.9 Å². The quantitative estimate of drug-likeness (QED) is 0.927. The van der Waals surface area contributed by atoms with Crippen molar-refractivity contribution in [3.63, 3.8) is 0 Å². The molecule has 1 saturated carbocycles. The van der Waals surface area contributed by atoms with Gasteiger partial charge in [0.25, 0.3) is 0 Å². The first kappa shape index (κ1) is 17.8. The molecule has 126 valence electrons. The smallest absolute Gasteiger partial charge is 0.231 e. The first-order valence-electron chi connectivity index (χ1n) is 8.03. The number of rotatable bonds is 4. The van der Waals surface area contributed by atoms with Crippen LogP contribution in [0.5, 0.6) is 0 Å². The van der Waals surface area contributed by atoms with Crippen LogP contribution in [0.2, 0.25) is 0 Å². The van der Waals surface area contributed by atoms with Gasteiger partial charge in [-0.3, -0.25) is 4.57 Å². The van der Waals surface area contributed by atoms with E-state index in [0.717, 1.165) is 23.0 Å². The van der Waals surface area contributed by atoms with E-state index in [1.54, 1.807) is 0 Å². The lowest BCUT2D eigenvalue weighted by molar-refractivity contribution is 0.282. The van der Waals surface area contributed by atoms with E-state index < -0.39 is 0 Å². The molecule has 1 aromatic heterocycles. The molecule has 5 nitrogen and oxygen atoms in total. The van der Waals surface area contributed by atoms with Crippen LogP contribution in [0.15, 0.2) is 24.3 Å². The highest BCUT2D eigenvalue weighted by molar-refractivity contribution is 5.85. The summed E-state index contributed by atoms with van der Waals surface area (Å²) in [4.78, 5) is 2.03. The maximum atomic E-state index is 9.29. The lowest BCUT2D eigenvalue weighted by Gasteiger charge is -2.22. The van der Waals surface area contributed by atoms with Crippen molar-refractivity contribution in [1.29, 1.82) is 0 Å². The third kappa shape index (κ3) is 3.67. The first-order valence-corrected chi connectivity index (χ1v) is 8.03. The van der Waals surface area contributed by atoms with E-state index in [2.05, 4.69) is 14.8 Å². The van der Waals surface area contributed by atoms with Gasteiger partial charge in [0.1, 0.15) is 5.82 Å². The fourth-order valence-electron chi connectivity index (χ4n) is 3.32. The molecule has 1 N–H and O–H groups in total. The molecule has 2 aromatic rings. The van der Waals surface area contributed by atoms with E-state index in [9.17, 15) is 5.11 Å². The molecule has 6 heteroatoms. The van der Waals surface area contributed by atoms with Gasteiger partial charge in [0, 0.05) is 25.7 Å². The molecule has 3 rings (SSSR count). The molecule has 1 heterocycles. The Hall–Kier alpha value is -1.59. The Balaban J connectivity index is 0.00000192.